The molecule has 0 aliphatic carbocycles. The third-order valence-corrected chi connectivity index (χ3v) is 5.40. The molecular weight excluding hydrogens is 302 g/mol. The van der Waals surface area contributed by atoms with E-state index in [4.69, 9.17) is 0 Å². The zero-order valence-corrected chi connectivity index (χ0v) is 11.9. The summed E-state index contributed by atoms with van der Waals surface area (Å²) in [5, 5.41) is 3.12. The van der Waals surface area contributed by atoms with Gasteiger partial charge in [0.25, 0.3) is 0 Å². The van der Waals surface area contributed by atoms with Crippen LogP contribution in [0.15, 0.2) is 40.3 Å². The van der Waals surface area contributed by atoms with E-state index < -0.39 is 16.6 Å². The lowest BCUT2D eigenvalue weighted by Crippen LogP contribution is -2.48. The summed E-state index contributed by atoms with van der Waals surface area (Å²) in [6, 6.07) is 5.02. The summed E-state index contributed by atoms with van der Waals surface area (Å²) in [4.78, 5) is 0.0832. The SMILES string of the molecule is O=S(=O)(c1ccc(OC(F)F)cc1)N1CC(=C2CNC2)C1. The van der Waals surface area contributed by atoms with Gasteiger partial charge in [-0.2, -0.15) is 13.1 Å². The smallest absolute Gasteiger partial charge is 0.387 e. The van der Waals surface area contributed by atoms with Crippen LogP contribution in [-0.2, 0) is 10.0 Å². The second-order valence-corrected chi connectivity index (χ2v) is 6.87. The van der Waals surface area contributed by atoms with Gasteiger partial charge in [-0.05, 0) is 35.4 Å². The van der Waals surface area contributed by atoms with Crippen LogP contribution in [-0.4, -0.2) is 45.5 Å². The molecule has 1 aromatic carbocycles. The number of halogens is 2. The highest BCUT2D eigenvalue weighted by Crippen LogP contribution is 2.28. The predicted octanol–water partition coefficient (Wildman–Crippen LogP) is 1.19. The molecular formula is C13H14F2N2O3S. The maximum Gasteiger partial charge on any atom is 0.387 e. The van der Waals surface area contributed by atoms with Crippen LogP contribution >= 0.6 is 0 Å². The lowest BCUT2D eigenvalue weighted by atomic mass is 9.99. The molecule has 2 aliphatic rings. The summed E-state index contributed by atoms with van der Waals surface area (Å²) < 4.78 is 54.3. The van der Waals surface area contributed by atoms with E-state index in [1.54, 1.807) is 0 Å². The molecule has 0 unspecified atom stereocenters. The van der Waals surface area contributed by atoms with Gasteiger partial charge in [0.15, 0.2) is 0 Å². The van der Waals surface area contributed by atoms with E-state index in [2.05, 4.69) is 10.1 Å². The largest absolute Gasteiger partial charge is 0.435 e. The molecule has 0 saturated carbocycles. The monoisotopic (exact) mass is 316 g/mol. The molecule has 21 heavy (non-hydrogen) atoms. The average Bonchev–Trinajstić information content (AvgIpc) is 2.30. The van der Waals surface area contributed by atoms with Crippen LogP contribution in [0.2, 0.25) is 0 Å². The van der Waals surface area contributed by atoms with Gasteiger partial charge in [0.2, 0.25) is 10.0 Å². The fourth-order valence-corrected chi connectivity index (χ4v) is 3.64. The van der Waals surface area contributed by atoms with Crippen LogP contribution in [0, 0.1) is 0 Å². The molecule has 114 valence electrons. The van der Waals surface area contributed by atoms with Gasteiger partial charge in [-0.1, -0.05) is 0 Å². The Kier molecular flexibility index (Phi) is 3.68. The van der Waals surface area contributed by atoms with Crippen molar-refractivity contribution in [2.45, 2.75) is 11.5 Å². The lowest BCUT2D eigenvalue weighted by Gasteiger charge is -2.37. The van der Waals surface area contributed by atoms with E-state index in [0.717, 1.165) is 18.7 Å². The van der Waals surface area contributed by atoms with E-state index in [1.165, 1.54) is 34.1 Å². The standard InChI is InChI=1S/C13H14F2N2O3S/c14-13(15)20-11-1-3-12(4-2-11)21(18,19)17-7-10(8-17)9-5-16-6-9/h1-4,13,16H,5-8H2. The summed E-state index contributed by atoms with van der Waals surface area (Å²) in [5.74, 6) is -0.0593. The van der Waals surface area contributed by atoms with Crippen LogP contribution in [0.1, 0.15) is 0 Å². The third-order valence-electron chi connectivity index (χ3n) is 3.60. The van der Waals surface area contributed by atoms with Crippen molar-refractivity contribution in [1.29, 1.82) is 0 Å². The van der Waals surface area contributed by atoms with Crippen molar-refractivity contribution < 1.29 is 21.9 Å². The van der Waals surface area contributed by atoms with Crippen LogP contribution < -0.4 is 10.1 Å². The van der Waals surface area contributed by atoms with E-state index >= 15 is 0 Å². The van der Waals surface area contributed by atoms with Gasteiger partial charge in [0, 0.05) is 26.2 Å². The number of hydrogen-bond acceptors (Lipinski definition) is 4. The van der Waals surface area contributed by atoms with Gasteiger partial charge in [0.1, 0.15) is 5.75 Å². The minimum absolute atomic E-state index is 0.0593. The summed E-state index contributed by atoms with van der Waals surface area (Å²) >= 11 is 0. The van der Waals surface area contributed by atoms with Crippen molar-refractivity contribution in [3.8, 4) is 5.75 Å². The molecule has 2 heterocycles. The van der Waals surface area contributed by atoms with Crippen molar-refractivity contribution in [3.63, 3.8) is 0 Å². The molecule has 5 nitrogen and oxygen atoms in total. The van der Waals surface area contributed by atoms with Gasteiger partial charge < -0.3 is 10.1 Å². The molecule has 1 aromatic rings. The first-order valence-corrected chi connectivity index (χ1v) is 7.86. The molecule has 0 aromatic heterocycles. The fraction of sp³-hybridized carbons (Fsp3) is 0.385. The van der Waals surface area contributed by atoms with Gasteiger partial charge in [0.05, 0.1) is 4.90 Å². The number of nitrogens with zero attached hydrogens (tertiary/aromatic N) is 1. The van der Waals surface area contributed by atoms with Crippen LogP contribution in [0.5, 0.6) is 5.75 Å². The van der Waals surface area contributed by atoms with Crippen molar-refractivity contribution in [1.82, 2.24) is 9.62 Å². The number of ether oxygens (including phenoxy) is 1. The molecule has 2 aliphatic heterocycles. The van der Waals surface area contributed by atoms with Crippen molar-refractivity contribution in [3.05, 3.63) is 35.4 Å². The number of nitrogens with one attached hydrogen (secondary N) is 1. The molecule has 0 amide bonds. The molecule has 0 radical (unpaired) electrons. The zero-order valence-electron chi connectivity index (χ0n) is 11.1. The predicted molar refractivity (Wildman–Crippen MR) is 71.7 cm³/mol. The second-order valence-electron chi connectivity index (χ2n) is 4.93. The van der Waals surface area contributed by atoms with E-state index in [9.17, 15) is 17.2 Å². The summed E-state index contributed by atoms with van der Waals surface area (Å²) in [7, 11) is -3.56. The second kappa shape index (κ2) is 5.36. The maximum absolute atomic E-state index is 12.3. The van der Waals surface area contributed by atoms with Gasteiger partial charge in [-0.15, -0.1) is 0 Å². The number of benzene rings is 1. The fourth-order valence-electron chi connectivity index (χ4n) is 2.22. The van der Waals surface area contributed by atoms with Gasteiger partial charge in [-0.3, -0.25) is 0 Å². The quantitative estimate of drug-likeness (QED) is 0.848. The number of rotatable bonds is 4. The van der Waals surface area contributed by atoms with E-state index in [1.807, 2.05) is 0 Å². The Balaban J connectivity index is 1.71. The van der Waals surface area contributed by atoms with E-state index in [-0.39, 0.29) is 10.6 Å². The molecule has 2 saturated heterocycles. The Morgan fingerprint density at radius 2 is 1.71 bits per heavy atom. The van der Waals surface area contributed by atoms with Gasteiger partial charge in [-0.25, -0.2) is 8.42 Å². The first kappa shape index (κ1) is 14.4. The number of sulfonamides is 1. The van der Waals surface area contributed by atoms with E-state index in [0.29, 0.717) is 13.1 Å². The number of alkyl halides is 2. The average molecular weight is 316 g/mol. The first-order chi connectivity index (χ1) is 9.96. The highest BCUT2D eigenvalue weighted by atomic mass is 32.2. The van der Waals surface area contributed by atoms with Crippen molar-refractivity contribution in [2.75, 3.05) is 26.2 Å². The Bertz CT molecular complexity index is 657. The van der Waals surface area contributed by atoms with Crippen LogP contribution in [0.3, 0.4) is 0 Å². The van der Waals surface area contributed by atoms with Gasteiger partial charge >= 0.3 is 6.61 Å². The Labute approximate surface area is 121 Å². The topological polar surface area (TPSA) is 58.6 Å². The minimum atomic E-state index is -3.56. The highest BCUT2D eigenvalue weighted by molar-refractivity contribution is 7.89. The van der Waals surface area contributed by atoms with Crippen molar-refractivity contribution >= 4 is 10.0 Å². The molecule has 3 rings (SSSR count). The normalized spacial score (nSPS) is 19.4. The molecule has 8 heteroatoms. The lowest BCUT2D eigenvalue weighted by molar-refractivity contribution is -0.0498. The summed E-state index contributed by atoms with van der Waals surface area (Å²) in [5.41, 5.74) is 2.44. The highest BCUT2D eigenvalue weighted by Gasteiger charge is 2.35. The summed E-state index contributed by atoms with van der Waals surface area (Å²) in [6.45, 7) is -0.428. The minimum Gasteiger partial charge on any atom is -0.435 e. The number of hydrogen-bond donors (Lipinski definition) is 1. The Morgan fingerprint density at radius 3 is 2.19 bits per heavy atom. The Hall–Kier alpha value is -1.51. The Morgan fingerprint density at radius 1 is 1.10 bits per heavy atom. The third kappa shape index (κ3) is 2.78. The zero-order chi connectivity index (χ0) is 15.0. The van der Waals surface area contributed by atoms with Crippen molar-refractivity contribution in [2.24, 2.45) is 0 Å². The van der Waals surface area contributed by atoms with Crippen LogP contribution in [0.25, 0.3) is 0 Å². The summed E-state index contributed by atoms with van der Waals surface area (Å²) in [6.07, 6.45) is 0. The molecule has 1 N–H and O–H groups in total. The first-order valence-electron chi connectivity index (χ1n) is 6.42. The molecule has 0 spiro atoms. The van der Waals surface area contributed by atoms with Crippen LogP contribution in [0.4, 0.5) is 8.78 Å². The molecule has 2 fully saturated rings. The molecule has 0 atom stereocenters. The maximum atomic E-state index is 12.3. The molecule has 0 bridgehead atoms.